The highest BCUT2D eigenvalue weighted by molar-refractivity contribution is 5.97. The Labute approximate surface area is 104 Å². The molecule has 1 unspecified atom stereocenters. The summed E-state index contributed by atoms with van der Waals surface area (Å²) < 4.78 is 0. The zero-order valence-corrected chi connectivity index (χ0v) is 10.9. The van der Waals surface area contributed by atoms with Crippen molar-refractivity contribution in [1.82, 2.24) is 4.90 Å². The van der Waals surface area contributed by atoms with E-state index in [-0.39, 0.29) is 5.91 Å². The SMILES string of the molecule is CCN(CC)C(=O)C1=CN=C2CCCCC2C1. The van der Waals surface area contributed by atoms with Crippen LogP contribution in [-0.4, -0.2) is 29.6 Å². The lowest BCUT2D eigenvalue weighted by Gasteiger charge is -2.29. The summed E-state index contributed by atoms with van der Waals surface area (Å²) in [6.45, 7) is 5.63. The molecule has 2 rings (SSSR count). The largest absolute Gasteiger partial charge is 0.339 e. The van der Waals surface area contributed by atoms with Crippen molar-refractivity contribution in [2.45, 2.75) is 46.0 Å². The van der Waals surface area contributed by atoms with Crippen LogP contribution in [0.5, 0.6) is 0 Å². The molecule has 1 saturated carbocycles. The van der Waals surface area contributed by atoms with Gasteiger partial charge in [-0.15, -0.1) is 0 Å². The normalized spacial score (nSPS) is 23.5. The molecule has 0 aromatic heterocycles. The van der Waals surface area contributed by atoms with Crippen molar-refractivity contribution in [2.75, 3.05) is 13.1 Å². The molecule has 1 aliphatic carbocycles. The Morgan fingerprint density at radius 3 is 2.88 bits per heavy atom. The van der Waals surface area contributed by atoms with Crippen molar-refractivity contribution >= 4 is 11.6 Å². The quantitative estimate of drug-likeness (QED) is 0.739. The monoisotopic (exact) mass is 234 g/mol. The molecule has 0 saturated heterocycles. The van der Waals surface area contributed by atoms with E-state index < -0.39 is 0 Å². The fraction of sp³-hybridized carbons (Fsp3) is 0.714. The van der Waals surface area contributed by atoms with Crippen LogP contribution in [0.2, 0.25) is 0 Å². The van der Waals surface area contributed by atoms with E-state index in [1.165, 1.54) is 25.0 Å². The first-order valence-electron chi connectivity index (χ1n) is 6.81. The maximum Gasteiger partial charge on any atom is 0.251 e. The van der Waals surface area contributed by atoms with Gasteiger partial charge in [-0.05, 0) is 39.5 Å². The minimum atomic E-state index is 0.184. The van der Waals surface area contributed by atoms with Gasteiger partial charge in [0.2, 0.25) is 0 Å². The zero-order valence-electron chi connectivity index (χ0n) is 10.9. The van der Waals surface area contributed by atoms with E-state index in [0.29, 0.717) is 5.92 Å². The van der Waals surface area contributed by atoms with E-state index in [2.05, 4.69) is 4.99 Å². The van der Waals surface area contributed by atoms with Gasteiger partial charge in [0.25, 0.3) is 5.91 Å². The molecule has 0 aromatic rings. The molecule has 2 aliphatic rings. The van der Waals surface area contributed by atoms with Crippen molar-refractivity contribution in [3.63, 3.8) is 0 Å². The molecular formula is C14H22N2O. The maximum atomic E-state index is 12.2. The number of carbonyl (C=O) groups excluding carboxylic acids is 1. The fourth-order valence-corrected chi connectivity index (χ4v) is 2.79. The van der Waals surface area contributed by atoms with Gasteiger partial charge in [0.15, 0.2) is 0 Å². The Bertz CT molecular complexity index is 353. The van der Waals surface area contributed by atoms with Crippen LogP contribution in [0.3, 0.4) is 0 Å². The van der Waals surface area contributed by atoms with E-state index in [4.69, 9.17) is 0 Å². The summed E-state index contributed by atoms with van der Waals surface area (Å²) in [7, 11) is 0. The summed E-state index contributed by atoms with van der Waals surface area (Å²) >= 11 is 0. The van der Waals surface area contributed by atoms with Crippen LogP contribution in [0.25, 0.3) is 0 Å². The first kappa shape index (κ1) is 12.3. The summed E-state index contributed by atoms with van der Waals surface area (Å²) in [5, 5.41) is 0. The Hall–Kier alpha value is -1.12. The summed E-state index contributed by atoms with van der Waals surface area (Å²) in [5.74, 6) is 0.728. The average Bonchev–Trinajstić information content (AvgIpc) is 2.39. The molecule has 3 nitrogen and oxygen atoms in total. The highest BCUT2D eigenvalue weighted by Gasteiger charge is 2.27. The third-order valence-corrected chi connectivity index (χ3v) is 3.88. The molecule has 1 aliphatic heterocycles. The second-order valence-electron chi connectivity index (χ2n) is 4.90. The Morgan fingerprint density at radius 2 is 2.18 bits per heavy atom. The van der Waals surface area contributed by atoms with Crippen molar-refractivity contribution in [3.8, 4) is 0 Å². The molecule has 3 heteroatoms. The van der Waals surface area contributed by atoms with E-state index in [0.717, 1.165) is 31.5 Å². The Morgan fingerprint density at radius 1 is 1.41 bits per heavy atom. The first-order valence-corrected chi connectivity index (χ1v) is 6.81. The van der Waals surface area contributed by atoms with Gasteiger partial charge < -0.3 is 4.90 Å². The van der Waals surface area contributed by atoms with Crippen molar-refractivity contribution in [3.05, 3.63) is 11.8 Å². The van der Waals surface area contributed by atoms with E-state index >= 15 is 0 Å². The Balaban J connectivity index is 2.10. The van der Waals surface area contributed by atoms with Crippen LogP contribution in [0.4, 0.5) is 0 Å². The molecule has 0 bridgehead atoms. The van der Waals surface area contributed by atoms with Gasteiger partial charge in [0, 0.05) is 36.5 Å². The summed E-state index contributed by atoms with van der Waals surface area (Å²) in [5.41, 5.74) is 2.23. The maximum absolute atomic E-state index is 12.2. The van der Waals surface area contributed by atoms with Gasteiger partial charge in [0.1, 0.15) is 0 Å². The van der Waals surface area contributed by atoms with Gasteiger partial charge >= 0.3 is 0 Å². The molecule has 0 spiro atoms. The lowest BCUT2D eigenvalue weighted by atomic mass is 9.81. The molecule has 0 radical (unpaired) electrons. The first-order chi connectivity index (χ1) is 8.26. The average molecular weight is 234 g/mol. The van der Waals surface area contributed by atoms with E-state index in [1.54, 1.807) is 0 Å². The predicted octanol–water partition coefficient (Wildman–Crippen LogP) is 2.77. The Kier molecular flexibility index (Phi) is 3.97. The molecule has 0 aromatic carbocycles. The standard InChI is InChI=1S/C14H22N2O/c1-3-16(4-2)14(17)12-9-11-7-5-6-8-13(11)15-10-12/h10-11H,3-9H2,1-2H3. The third-order valence-electron chi connectivity index (χ3n) is 3.88. The summed E-state index contributed by atoms with van der Waals surface area (Å²) in [6.07, 6.45) is 7.63. The van der Waals surface area contributed by atoms with Gasteiger partial charge in [-0.1, -0.05) is 6.42 Å². The van der Waals surface area contributed by atoms with Crippen LogP contribution in [0.15, 0.2) is 16.8 Å². The highest BCUT2D eigenvalue weighted by Crippen LogP contribution is 2.31. The molecule has 17 heavy (non-hydrogen) atoms. The van der Waals surface area contributed by atoms with Crippen molar-refractivity contribution in [1.29, 1.82) is 0 Å². The number of aliphatic imine (C=N–C) groups is 1. The smallest absolute Gasteiger partial charge is 0.251 e. The lowest BCUT2D eigenvalue weighted by molar-refractivity contribution is -0.127. The van der Waals surface area contributed by atoms with Crippen LogP contribution >= 0.6 is 0 Å². The number of carbonyl (C=O) groups is 1. The van der Waals surface area contributed by atoms with Gasteiger partial charge in [0.05, 0.1) is 0 Å². The summed E-state index contributed by atoms with van der Waals surface area (Å²) in [6, 6.07) is 0. The van der Waals surface area contributed by atoms with Crippen LogP contribution in [0, 0.1) is 5.92 Å². The van der Waals surface area contributed by atoms with Crippen molar-refractivity contribution in [2.24, 2.45) is 10.9 Å². The van der Waals surface area contributed by atoms with Gasteiger partial charge in [-0.3, -0.25) is 9.79 Å². The van der Waals surface area contributed by atoms with Gasteiger partial charge in [-0.2, -0.15) is 0 Å². The molecular weight excluding hydrogens is 212 g/mol. The highest BCUT2D eigenvalue weighted by atomic mass is 16.2. The minimum Gasteiger partial charge on any atom is -0.339 e. The van der Waals surface area contributed by atoms with Crippen molar-refractivity contribution < 1.29 is 4.79 Å². The number of amides is 1. The number of hydrogen-bond acceptors (Lipinski definition) is 2. The minimum absolute atomic E-state index is 0.184. The van der Waals surface area contributed by atoms with E-state index in [9.17, 15) is 4.79 Å². The second-order valence-corrected chi connectivity index (χ2v) is 4.90. The fourth-order valence-electron chi connectivity index (χ4n) is 2.79. The van der Waals surface area contributed by atoms with E-state index in [1.807, 2.05) is 24.9 Å². The molecule has 94 valence electrons. The molecule has 1 atom stereocenters. The lowest BCUT2D eigenvalue weighted by Crippen LogP contribution is -2.34. The summed E-state index contributed by atoms with van der Waals surface area (Å²) in [4.78, 5) is 18.6. The van der Waals surface area contributed by atoms with Crippen LogP contribution in [-0.2, 0) is 4.79 Å². The number of rotatable bonds is 3. The number of hydrogen-bond donors (Lipinski definition) is 0. The van der Waals surface area contributed by atoms with Gasteiger partial charge in [-0.25, -0.2) is 0 Å². The second kappa shape index (κ2) is 5.48. The molecule has 1 amide bonds. The topological polar surface area (TPSA) is 32.7 Å². The third kappa shape index (κ3) is 2.59. The van der Waals surface area contributed by atoms with Crippen LogP contribution in [0.1, 0.15) is 46.0 Å². The van der Waals surface area contributed by atoms with Crippen LogP contribution < -0.4 is 0 Å². The molecule has 1 heterocycles. The number of fused-ring (bicyclic) bond motifs is 1. The predicted molar refractivity (Wildman–Crippen MR) is 70.0 cm³/mol. The molecule has 1 fully saturated rings. The number of likely N-dealkylation sites (N-methyl/N-ethyl adjacent to an activating group) is 1. The number of nitrogens with zero attached hydrogens (tertiary/aromatic N) is 2. The molecule has 0 N–H and O–H groups in total. The zero-order chi connectivity index (χ0) is 12.3.